The van der Waals surface area contributed by atoms with E-state index in [2.05, 4.69) is 0 Å². The molecule has 2 radical (unpaired) electrons. The smallest absolute Gasteiger partial charge is 0.210 e. The third-order valence-electron chi connectivity index (χ3n) is 1.76. The largest absolute Gasteiger partial charge is 0.336 e. The van der Waals surface area contributed by atoms with Crippen LogP contribution in [0.25, 0.3) is 0 Å². The van der Waals surface area contributed by atoms with Gasteiger partial charge in [-0.25, -0.2) is 0 Å². The third kappa shape index (κ3) is 1.20. The van der Waals surface area contributed by atoms with Crippen LogP contribution >= 0.6 is 0 Å². The molecule has 0 spiro atoms. The van der Waals surface area contributed by atoms with Crippen LogP contribution in [-0.4, -0.2) is 37.4 Å². The summed E-state index contributed by atoms with van der Waals surface area (Å²) in [6.45, 7) is 0.664. The van der Waals surface area contributed by atoms with E-state index in [1.165, 1.54) is 4.90 Å². The van der Waals surface area contributed by atoms with Crippen molar-refractivity contribution in [2.24, 2.45) is 0 Å². The maximum absolute atomic E-state index is 10.6. The Bertz CT molecular complexity index is 160. The van der Waals surface area contributed by atoms with Gasteiger partial charge in [0.05, 0.1) is 11.7 Å². The summed E-state index contributed by atoms with van der Waals surface area (Å²) in [5, 5.41) is 0. The number of rotatable bonds is 2. The molecular formula is C6H8BNO2. The predicted molar refractivity (Wildman–Crippen MR) is 36.6 cm³/mol. The first-order chi connectivity index (χ1) is 4.75. The standard InChI is InChI=1S/C6H8BNO2/c7-6(10)5-2-1-3-8(5)4-9/h4-5H,1-3H2. The molecule has 10 heavy (non-hydrogen) atoms. The van der Waals surface area contributed by atoms with E-state index >= 15 is 0 Å². The Morgan fingerprint density at radius 2 is 2.40 bits per heavy atom. The van der Waals surface area contributed by atoms with E-state index in [9.17, 15) is 9.59 Å². The highest BCUT2D eigenvalue weighted by molar-refractivity contribution is 6.59. The van der Waals surface area contributed by atoms with Crippen molar-refractivity contribution >= 4 is 19.9 Å². The lowest BCUT2D eigenvalue weighted by Crippen LogP contribution is -2.34. The molecule has 1 saturated heterocycles. The molecule has 4 heteroatoms. The average molecular weight is 137 g/mol. The van der Waals surface area contributed by atoms with E-state index in [4.69, 9.17) is 7.85 Å². The second-order valence-corrected chi connectivity index (χ2v) is 2.40. The Kier molecular flexibility index (Phi) is 2.09. The van der Waals surface area contributed by atoms with E-state index < -0.39 is 5.68 Å². The van der Waals surface area contributed by atoms with Crippen molar-refractivity contribution in [3.05, 3.63) is 0 Å². The molecule has 1 aliphatic rings. The molecule has 0 aliphatic carbocycles. The van der Waals surface area contributed by atoms with Crippen LogP contribution in [-0.2, 0) is 9.59 Å². The van der Waals surface area contributed by atoms with Crippen LogP contribution in [0.2, 0.25) is 0 Å². The number of carbonyl (C=O) groups is 2. The highest BCUT2D eigenvalue weighted by atomic mass is 16.1. The van der Waals surface area contributed by atoms with Gasteiger partial charge in [-0.15, -0.1) is 0 Å². The summed E-state index contributed by atoms with van der Waals surface area (Å²) in [6.07, 6.45) is 2.28. The molecule has 1 fully saturated rings. The Labute approximate surface area is 60.8 Å². The molecule has 52 valence electrons. The fourth-order valence-corrected chi connectivity index (χ4v) is 1.22. The minimum absolute atomic E-state index is 0.350. The quantitative estimate of drug-likeness (QED) is 0.372. The molecule has 1 amide bonds. The molecule has 0 aromatic heterocycles. The molecule has 1 unspecified atom stereocenters. The molecule has 1 atom stereocenters. The fourth-order valence-electron chi connectivity index (χ4n) is 1.22. The lowest BCUT2D eigenvalue weighted by Gasteiger charge is -2.16. The van der Waals surface area contributed by atoms with E-state index in [1.807, 2.05) is 0 Å². The summed E-state index contributed by atoms with van der Waals surface area (Å²) in [6, 6.07) is -0.350. The van der Waals surface area contributed by atoms with Crippen LogP contribution in [0.1, 0.15) is 12.8 Å². The minimum Gasteiger partial charge on any atom is -0.336 e. The second kappa shape index (κ2) is 2.86. The van der Waals surface area contributed by atoms with Crippen molar-refractivity contribution in [3.63, 3.8) is 0 Å². The highest BCUT2D eigenvalue weighted by Gasteiger charge is 2.25. The lowest BCUT2D eigenvalue weighted by molar-refractivity contribution is -0.125. The van der Waals surface area contributed by atoms with Gasteiger partial charge in [0, 0.05) is 6.54 Å². The van der Waals surface area contributed by atoms with Crippen molar-refractivity contribution in [3.8, 4) is 0 Å². The van der Waals surface area contributed by atoms with Gasteiger partial charge >= 0.3 is 0 Å². The van der Waals surface area contributed by atoms with Crippen molar-refractivity contribution in [2.75, 3.05) is 6.54 Å². The highest BCUT2D eigenvalue weighted by Crippen LogP contribution is 2.14. The normalized spacial score (nSPS) is 24.8. The Balaban J connectivity index is 2.58. The number of carbonyl (C=O) groups excluding carboxylic acids is 2. The van der Waals surface area contributed by atoms with Crippen molar-refractivity contribution in [1.29, 1.82) is 0 Å². The first kappa shape index (κ1) is 7.31. The van der Waals surface area contributed by atoms with Crippen LogP contribution in [0.4, 0.5) is 0 Å². The third-order valence-corrected chi connectivity index (χ3v) is 1.76. The molecule has 0 saturated carbocycles. The van der Waals surface area contributed by atoms with Gasteiger partial charge in [0.25, 0.3) is 0 Å². The molecule has 1 heterocycles. The van der Waals surface area contributed by atoms with Gasteiger partial charge in [-0.05, 0) is 12.8 Å². The van der Waals surface area contributed by atoms with Crippen LogP contribution in [0.15, 0.2) is 0 Å². The molecule has 0 bridgehead atoms. The predicted octanol–water partition coefficient (Wildman–Crippen LogP) is -0.698. The van der Waals surface area contributed by atoms with Crippen LogP contribution in [0.3, 0.4) is 0 Å². The number of amides is 1. The van der Waals surface area contributed by atoms with Crippen molar-refractivity contribution in [2.45, 2.75) is 18.9 Å². The number of hydrogen-bond donors (Lipinski definition) is 0. The first-order valence-corrected chi connectivity index (χ1v) is 3.26. The fraction of sp³-hybridized carbons (Fsp3) is 0.667. The Morgan fingerprint density at radius 1 is 1.70 bits per heavy atom. The summed E-state index contributed by atoms with van der Waals surface area (Å²) in [4.78, 5) is 22.3. The average Bonchev–Trinajstić information content (AvgIpc) is 2.33. The molecule has 0 aromatic rings. The second-order valence-electron chi connectivity index (χ2n) is 2.40. The van der Waals surface area contributed by atoms with Crippen LogP contribution < -0.4 is 0 Å². The maximum Gasteiger partial charge on any atom is 0.210 e. The molecule has 3 nitrogen and oxygen atoms in total. The van der Waals surface area contributed by atoms with Gasteiger partial charge in [0.1, 0.15) is 0 Å². The van der Waals surface area contributed by atoms with Gasteiger partial charge in [-0.2, -0.15) is 0 Å². The van der Waals surface area contributed by atoms with Gasteiger partial charge in [-0.1, -0.05) is 0 Å². The maximum atomic E-state index is 10.6. The van der Waals surface area contributed by atoms with E-state index in [1.54, 1.807) is 0 Å². The molecule has 0 aromatic carbocycles. The first-order valence-electron chi connectivity index (χ1n) is 3.26. The van der Waals surface area contributed by atoms with E-state index in [0.29, 0.717) is 19.4 Å². The number of likely N-dealkylation sites (tertiary alicyclic amines) is 1. The molecule has 1 rings (SSSR count). The minimum atomic E-state index is -0.399. The van der Waals surface area contributed by atoms with Crippen molar-refractivity contribution in [1.82, 2.24) is 4.90 Å². The summed E-state index contributed by atoms with van der Waals surface area (Å²) in [5.74, 6) is 0. The molecular weight excluding hydrogens is 129 g/mol. The van der Waals surface area contributed by atoms with E-state index in [0.717, 1.165) is 6.42 Å². The SMILES string of the molecule is [B]C(=O)C1CCCN1C=O. The summed E-state index contributed by atoms with van der Waals surface area (Å²) in [5.41, 5.74) is -0.399. The van der Waals surface area contributed by atoms with Gasteiger partial charge < -0.3 is 9.69 Å². The van der Waals surface area contributed by atoms with Crippen LogP contribution in [0, 0.1) is 0 Å². The van der Waals surface area contributed by atoms with Crippen molar-refractivity contribution < 1.29 is 9.59 Å². The lowest BCUT2D eigenvalue weighted by atomic mass is 9.94. The monoisotopic (exact) mass is 137 g/mol. The number of hydrogen-bond acceptors (Lipinski definition) is 2. The number of nitrogens with zero attached hydrogens (tertiary/aromatic N) is 1. The zero-order chi connectivity index (χ0) is 7.56. The van der Waals surface area contributed by atoms with Gasteiger partial charge in [0.2, 0.25) is 6.41 Å². The Morgan fingerprint density at radius 3 is 2.80 bits per heavy atom. The summed E-state index contributed by atoms with van der Waals surface area (Å²) >= 11 is 0. The molecule has 1 aliphatic heterocycles. The summed E-state index contributed by atoms with van der Waals surface area (Å²) < 4.78 is 0. The molecule has 0 N–H and O–H groups in total. The van der Waals surface area contributed by atoms with Gasteiger partial charge in [-0.3, -0.25) is 4.79 Å². The summed E-state index contributed by atoms with van der Waals surface area (Å²) in [7, 11) is 5.02. The topological polar surface area (TPSA) is 37.4 Å². The van der Waals surface area contributed by atoms with Gasteiger partial charge in [0.15, 0.2) is 7.85 Å². The zero-order valence-electron chi connectivity index (χ0n) is 5.62. The zero-order valence-corrected chi connectivity index (χ0v) is 5.62. The van der Waals surface area contributed by atoms with Crippen LogP contribution in [0.5, 0.6) is 0 Å². The van der Waals surface area contributed by atoms with E-state index in [-0.39, 0.29) is 6.04 Å². The Hall–Kier alpha value is -0.795.